The summed E-state index contributed by atoms with van der Waals surface area (Å²) in [4.78, 5) is 5.15. The topological polar surface area (TPSA) is 46.5 Å². The number of pyridine rings is 1. The Bertz CT molecular complexity index is 2400. The van der Waals surface area contributed by atoms with E-state index in [4.69, 9.17) is 4.98 Å². The van der Waals surface area contributed by atoms with Gasteiger partial charge in [0.05, 0.1) is 45.6 Å². The molecule has 0 aliphatic heterocycles. The first-order valence-corrected chi connectivity index (χ1v) is 14.1. The van der Waals surface area contributed by atoms with Crippen molar-refractivity contribution in [2.45, 2.75) is 13.8 Å². The second-order valence-electron chi connectivity index (χ2n) is 11.0. The van der Waals surface area contributed by atoms with Gasteiger partial charge in [0.15, 0.2) is 0 Å². The number of nitrogens with zero attached hydrogens (tertiary/aromatic N) is 4. The zero-order chi connectivity index (χ0) is 28.4. The number of nitriles is 1. The van der Waals surface area contributed by atoms with Gasteiger partial charge in [-0.3, -0.25) is 4.57 Å². The second kappa shape index (κ2) is 9.19. The summed E-state index contributed by atoms with van der Waals surface area (Å²) >= 11 is 0. The molecule has 0 fully saturated rings. The molecule has 0 N–H and O–H groups in total. The molecule has 0 unspecified atom stereocenters. The Hall–Kier alpha value is -5.66. The quantitative estimate of drug-likeness (QED) is 0.225. The van der Waals surface area contributed by atoms with Gasteiger partial charge in [-0.25, -0.2) is 4.98 Å². The zero-order valence-electron chi connectivity index (χ0n) is 23.3. The van der Waals surface area contributed by atoms with Crippen LogP contribution >= 0.6 is 0 Å². The second-order valence-corrected chi connectivity index (χ2v) is 11.0. The van der Waals surface area contributed by atoms with Gasteiger partial charge in [-0.15, -0.1) is 0 Å². The molecule has 3 heterocycles. The lowest BCUT2D eigenvalue weighted by Gasteiger charge is -2.17. The van der Waals surface area contributed by atoms with Crippen LogP contribution in [0.4, 0.5) is 0 Å². The third-order valence-corrected chi connectivity index (χ3v) is 8.30. The minimum atomic E-state index is 0.627. The van der Waals surface area contributed by atoms with E-state index < -0.39 is 0 Å². The molecule has 42 heavy (non-hydrogen) atoms. The van der Waals surface area contributed by atoms with E-state index in [0.29, 0.717) is 5.56 Å². The summed E-state index contributed by atoms with van der Waals surface area (Å²) in [5.74, 6) is 0.838. The molecule has 8 rings (SSSR count). The first kappa shape index (κ1) is 24.2. The van der Waals surface area contributed by atoms with Crippen LogP contribution in [-0.4, -0.2) is 14.1 Å². The van der Waals surface area contributed by atoms with Crippen LogP contribution in [0.25, 0.3) is 66.2 Å². The molecular weight excluding hydrogens is 512 g/mol. The lowest BCUT2D eigenvalue weighted by Crippen LogP contribution is -2.03. The van der Waals surface area contributed by atoms with Gasteiger partial charge < -0.3 is 4.57 Å². The van der Waals surface area contributed by atoms with E-state index in [2.05, 4.69) is 126 Å². The van der Waals surface area contributed by atoms with Crippen molar-refractivity contribution in [2.75, 3.05) is 0 Å². The molecule has 0 saturated carbocycles. The first-order chi connectivity index (χ1) is 20.6. The number of hydrogen-bond acceptors (Lipinski definition) is 2. The van der Waals surface area contributed by atoms with Crippen molar-refractivity contribution in [1.82, 2.24) is 14.1 Å². The number of benzene rings is 5. The summed E-state index contributed by atoms with van der Waals surface area (Å²) in [5, 5.41) is 14.6. The summed E-state index contributed by atoms with van der Waals surface area (Å²) in [5.41, 5.74) is 10.5. The normalized spacial score (nSPS) is 11.5. The Kier molecular flexibility index (Phi) is 5.29. The molecule has 8 aromatic rings. The van der Waals surface area contributed by atoms with Crippen molar-refractivity contribution >= 4 is 43.6 Å². The number of hydrogen-bond donors (Lipinski definition) is 0. The van der Waals surface area contributed by atoms with Crippen LogP contribution in [0.15, 0.2) is 121 Å². The highest BCUT2D eigenvalue weighted by atomic mass is 15.1. The molecule has 3 aromatic heterocycles. The van der Waals surface area contributed by atoms with E-state index in [-0.39, 0.29) is 0 Å². The SMILES string of the molecule is Cc1ccc2c3ccccc3n(-c3cc(-c4cccc(C#N)c4)c(-n4c5ccccc5c5ccc(C)cc54)cn3)c2c1. The summed E-state index contributed by atoms with van der Waals surface area (Å²) in [7, 11) is 0. The fraction of sp³-hybridized carbons (Fsp3) is 0.0526. The van der Waals surface area contributed by atoms with E-state index in [1.54, 1.807) is 0 Å². The van der Waals surface area contributed by atoms with Crippen LogP contribution in [0.3, 0.4) is 0 Å². The molecule has 0 spiro atoms. The average molecular weight is 539 g/mol. The van der Waals surface area contributed by atoms with E-state index in [1.165, 1.54) is 32.7 Å². The third kappa shape index (κ3) is 3.57. The summed E-state index contributed by atoms with van der Waals surface area (Å²) in [6, 6.07) is 42.6. The molecule has 198 valence electrons. The van der Waals surface area contributed by atoms with Crippen molar-refractivity contribution in [3.8, 4) is 28.7 Å². The van der Waals surface area contributed by atoms with E-state index in [0.717, 1.165) is 44.7 Å². The van der Waals surface area contributed by atoms with Gasteiger partial charge in [0.1, 0.15) is 5.82 Å². The molecule has 0 aliphatic rings. The predicted octanol–water partition coefficient (Wildman–Crippen LogP) is 9.43. The van der Waals surface area contributed by atoms with E-state index in [1.807, 2.05) is 24.4 Å². The molecule has 0 aliphatic carbocycles. The number of rotatable bonds is 3. The molecule has 0 saturated heterocycles. The minimum absolute atomic E-state index is 0.627. The van der Waals surface area contributed by atoms with Gasteiger partial charge >= 0.3 is 0 Å². The fourth-order valence-corrected chi connectivity index (χ4v) is 6.39. The van der Waals surface area contributed by atoms with Gasteiger partial charge in [-0.05, 0) is 73.0 Å². The molecule has 0 atom stereocenters. The fourth-order valence-electron chi connectivity index (χ4n) is 6.39. The molecule has 0 radical (unpaired) electrons. The number of fused-ring (bicyclic) bond motifs is 6. The Morgan fingerprint density at radius 3 is 1.83 bits per heavy atom. The highest BCUT2D eigenvalue weighted by Gasteiger charge is 2.19. The van der Waals surface area contributed by atoms with Gasteiger partial charge in [-0.2, -0.15) is 5.26 Å². The lowest BCUT2D eigenvalue weighted by molar-refractivity contribution is 1.05. The maximum atomic E-state index is 9.77. The van der Waals surface area contributed by atoms with Crippen LogP contribution in [-0.2, 0) is 0 Å². The molecular formula is C38H26N4. The highest BCUT2D eigenvalue weighted by Crippen LogP contribution is 2.38. The molecule has 0 bridgehead atoms. The Balaban J connectivity index is 1.49. The van der Waals surface area contributed by atoms with Crippen molar-refractivity contribution in [3.63, 3.8) is 0 Å². The van der Waals surface area contributed by atoms with E-state index >= 15 is 0 Å². The smallest absolute Gasteiger partial charge is 0.138 e. The van der Waals surface area contributed by atoms with Crippen LogP contribution in [0.1, 0.15) is 16.7 Å². The van der Waals surface area contributed by atoms with Crippen molar-refractivity contribution in [2.24, 2.45) is 0 Å². The monoisotopic (exact) mass is 538 g/mol. The zero-order valence-corrected chi connectivity index (χ0v) is 23.3. The van der Waals surface area contributed by atoms with Crippen molar-refractivity contribution in [1.29, 1.82) is 5.26 Å². The van der Waals surface area contributed by atoms with E-state index in [9.17, 15) is 5.26 Å². The summed E-state index contributed by atoms with van der Waals surface area (Å²) in [6.45, 7) is 4.26. The number of para-hydroxylation sites is 2. The van der Waals surface area contributed by atoms with Crippen molar-refractivity contribution in [3.05, 3.63) is 138 Å². The maximum Gasteiger partial charge on any atom is 0.138 e. The third-order valence-electron chi connectivity index (χ3n) is 8.30. The highest BCUT2D eigenvalue weighted by molar-refractivity contribution is 6.11. The molecule has 5 aromatic carbocycles. The standard InChI is InChI=1S/C38H26N4/c1-24-14-16-30-28-10-3-5-12-33(28)41(35(30)18-24)37-23-40-38(21-32(37)27-9-7-8-26(20-27)22-39)42-34-13-6-4-11-29(34)31-17-15-25(2)19-36(31)42/h3-21,23H,1-2H3. The molecule has 0 amide bonds. The summed E-state index contributed by atoms with van der Waals surface area (Å²) in [6.07, 6.45) is 1.99. The van der Waals surface area contributed by atoms with Gasteiger partial charge in [0.25, 0.3) is 0 Å². The molecule has 4 heteroatoms. The average Bonchev–Trinajstić information content (AvgIpc) is 3.52. The Morgan fingerprint density at radius 2 is 1.17 bits per heavy atom. The number of aryl methyl sites for hydroxylation is 2. The van der Waals surface area contributed by atoms with Crippen LogP contribution in [0.5, 0.6) is 0 Å². The summed E-state index contributed by atoms with van der Waals surface area (Å²) < 4.78 is 4.58. The molecule has 4 nitrogen and oxygen atoms in total. The van der Waals surface area contributed by atoms with Crippen LogP contribution < -0.4 is 0 Å². The van der Waals surface area contributed by atoms with Gasteiger partial charge in [0.2, 0.25) is 0 Å². The largest absolute Gasteiger partial charge is 0.307 e. The number of aromatic nitrogens is 3. The Labute approximate surface area is 243 Å². The Morgan fingerprint density at radius 1 is 0.571 bits per heavy atom. The van der Waals surface area contributed by atoms with Crippen LogP contribution in [0.2, 0.25) is 0 Å². The van der Waals surface area contributed by atoms with Crippen molar-refractivity contribution < 1.29 is 0 Å². The predicted molar refractivity (Wildman–Crippen MR) is 173 cm³/mol. The van der Waals surface area contributed by atoms with Gasteiger partial charge in [-0.1, -0.05) is 72.8 Å². The van der Waals surface area contributed by atoms with Gasteiger partial charge in [0, 0.05) is 27.1 Å². The lowest BCUT2D eigenvalue weighted by atomic mass is 10.0. The minimum Gasteiger partial charge on any atom is -0.307 e. The first-order valence-electron chi connectivity index (χ1n) is 14.1. The maximum absolute atomic E-state index is 9.77. The van der Waals surface area contributed by atoms with Crippen LogP contribution in [0, 0.1) is 25.2 Å².